The van der Waals surface area contributed by atoms with E-state index in [1.165, 1.54) is 17.0 Å². The Hall–Kier alpha value is -2.37. The Kier molecular flexibility index (Phi) is 3.79. The van der Waals surface area contributed by atoms with Gasteiger partial charge in [-0.25, -0.2) is 0 Å². The summed E-state index contributed by atoms with van der Waals surface area (Å²) < 4.78 is 0. The lowest BCUT2D eigenvalue weighted by atomic mass is 10.0. The molecule has 0 aliphatic carbocycles. The monoisotopic (exact) mass is 261 g/mol. The summed E-state index contributed by atoms with van der Waals surface area (Å²) in [6, 6.07) is 6.39. The first kappa shape index (κ1) is 13.1. The SMILES string of the molecule is O=C([O-])N1CCC(=Cc2cccc([N+](=O)[O-])c2)CC1. The van der Waals surface area contributed by atoms with Gasteiger partial charge in [-0.1, -0.05) is 23.8 Å². The number of nitro benzene ring substituents is 1. The summed E-state index contributed by atoms with van der Waals surface area (Å²) in [7, 11) is 0. The number of carbonyl (C=O) groups is 1. The van der Waals surface area contributed by atoms with Crippen molar-refractivity contribution in [2.45, 2.75) is 12.8 Å². The highest BCUT2D eigenvalue weighted by molar-refractivity contribution is 5.63. The standard InChI is InChI=1S/C13H14N2O4/c16-13(17)14-6-4-10(5-7-14)8-11-2-1-3-12(9-11)15(18)19/h1-3,8-9H,4-7H2,(H,16,17)/p-1. The number of non-ortho nitro benzene ring substituents is 1. The van der Waals surface area contributed by atoms with Gasteiger partial charge in [-0.15, -0.1) is 0 Å². The Morgan fingerprint density at radius 2 is 2.00 bits per heavy atom. The maximum absolute atomic E-state index is 10.7. The molecule has 1 aliphatic rings. The van der Waals surface area contributed by atoms with Crippen LogP contribution < -0.4 is 5.11 Å². The fourth-order valence-corrected chi connectivity index (χ4v) is 2.08. The van der Waals surface area contributed by atoms with Gasteiger partial charge in [0.2, 0.25) is 0 Å². The molecule has 0 aromatic heterocycles. The Morgan fingerprint density at radius 3 is 2.58 bits per heavy atom. The Morgan fingerprint density at radius 1 is 1.32 bits per heavy atom. The van der Waals surface area contributed by atoms with E-state index >= 15 is 0 Å². The van der Waals surface area contributed by atoms with E-state index in [0.717, 1.165) is 11.1 Å². The molecule has 2 rings (SSSR count). The molecule has 6 heteroatoms. The molecule has 1 aromatic rings. The van der Waals surface area contributed by atoms with E-state index in [1.807, 2.05) is 6.08 Å². The van der Waals surface area contributed by atoms with E-state index in [2.05, 4.69) is 0 Å². The number of carboxylic acid groups (broad SMARTS) is 1. The van der Waals surface area contributed by atoms with Crippen LogP contribution in [0.5, 0.6) is 0 Å². The van der Waals surface area contributed by atoms with Gasteiger partial charge >= 0.3 is 0 Å². The smallest absolute Gasteiger partial charge is 0.270 e. The Labute approximate surface area is 110 Å². The third-order valence-electron chi connectivity index (χ3n) is 3.12. The minimum atomic E-state index is -1.14. The number of nitro groups is 1. The van der Waals surface area contributed by atoms with Crippen molar-refractivity contribution < 1.29 is 14.8 Å². The Bertz CT molecular complexity index is 529. The van der Waals surface area contributed by atoms with Crippen molar-refractivity contribution in [3.8, 4) is 0 Å². The first-order valence-electron chi connectivity index (χ1n) is 5.96. The molecular weight excluding hydrogens is 248 g/mol. The Balaban J connectivity index is 2.08. The van der Waals surface area contributed by atoms with E-state index in [-0.39, 0.29) is 5.69 Å². The van der Waals surface area contributed by atoms with Gasteiger partial charge in [-0.3, -0.25) is 10.1 Å². The molecule has 1 aromatic carbocycles. The summed E-state index contributed by atoms with van der Waals surface area (Å²) in [5.74, 6) is 0. The average molecular weight is 261 g/mol. The lowest BCUT2D eigenvalue weighted by molar-refractivity contribution is -0.384. The topological polar surface area (TPSA) is 86.5 Å². The van der Waals surface area contributed by atoms with Gasteiger partial charge in [-0.2, -0.15) is 0 Å². The van der Waals surface area contributed by atoms with Crippen LogP contribution in [0.15, 0.2) is 29.8 Å². The minimum Gasteiger partial charge on any atom is -0.530 e. The third-order valence-corrected chi connectivity index (χ3v) is 3.12. The number of rotatable bonds is 2. The molecule has 0 atom stereocenters. The van der Waals surface area contributed by atoms with Crippen molar-refractivity contribution in [3.63, 3.8) is 0 Å². The highest BCUT2D eigenvalue weighted by atomic mass is 16.6. The van der Waals surface area contributed by atoms with Gasteiger partial charge in [0.05, 0.1) is 4.92 Å². The quantitative estimate of drug-likeness (QED) is 0.595. The van der Waals surface area contributed by atoms with Gasteiger partial charge in [0.1, 0.15) is 6.09 Å². The molecule has 0 N–H and O–H groups in total. The minimum absolute atomic E-state index is 0.0570. The first-order chi connectivity index (χ1) is 9.06. The summed E-state index contributed by atoms with van der Waals surface area (Å²) in [4.78, 5) is 22.2. The van der Waals surface area contributed by atoms with Crippen molar-refractivity contribution in [2.24, 2.45) is 0 Å². The molecule has 1 fully saturated rings. The van der Waals surface area contributed by atoms with Gasteiger partial charge in [0.25, 0.3) is 5.69 Å². The zero-order valence-electron chi connectivity index (χ0n) is 10.2. The number of carbonyl (C=O) groups excluding carboxylic acids is 1. The van der Waals surface area contributed by atoms with Gasteiger partial charge < -0.3 is 14.8 Å². The summed E-state index contributed by atoms with van der Waals surface area (Å²) in [5, 5.41) is 21.3. The first-order valence-corrected chi connectivity index (χ1v) is 5.96. The van der Waals surface area contributed by atoms with E-state index in [9.17, 15) is 20.0 Å². The molecule has 1 heterocycles. The second-order valence-corrected chi connectivity index (χ2v) is 4.41. The van der Waals surface area contributed by atoms with Crippen LogP contribution in [0.3, 0.4) is 0 Å². The number of piperidine rings is 1. The van der Waals surface area contributed by atoms with Gasteiger partial charge in [-0.05, 0) is 18.4 Å². The fourth-order valence-electron chi connectivity index (χ4n) is 2.08. The molecule has 1 saturated heterocycles. The third kappa shape index (κ3) is 3.31. The van der Waals surface area contributed by atoms with E-state index in [0.29, 0.717) is 25.9 Å². The molecule has 0 saturated carbocycles. The van der Waals surface area contributed by atoms with E-state index in [1.54, 1.807) is 12.1 Å². The molecule has 0 bridgehead atoms. The van der Waals surface area contributed by atoms with Crippen molar-refractivity contribution in [2.75, 3.05) is 13.1 Å². The van der Waals surface area contributed by atoms with Gasteiger partial charge in [0, 0.05) is 25.2 Å². The second-order valence-electron chi connectivity index (χ2n) is 4.41. The summed E-state index contributed by atoms with van der Waals surface area (Å²) in [5.41, 5.74) is 1.92. The highest BCUT2D eigenvalue weighted by Gasteiger charge is 2.13. The molecule has 6 nitrogen and oxygen atoms in total. The molecule has 1 aliphatic heterocycles. The van der Waals surface area contributed by atoms with Crippen molar-refractivity contribution in [1.82, 2.24) is 4.90 Å². The molecule has 0 spiro atoms. The molecule has 0 radical (unpaired) electrons. The largest absolute Gasteiger partial charge is 0.530 e. The van der Waals surface area contributed by atoms with Crippen LogP contribution in [-0.4, -0.2) is 29.0 Å². The molecular formula is C13H13N2O4-. The number of likely N-dealkylation sites (tertiary alicyclic amines) is 1. The number of hydrogen-bond donors (Lipinski definition) is 0. The van der Waals surface area contributed by atoms with Crippen molar-refractivity contribution in [1.29, 1.82) is 0 Å². The number of nitrogens with zero attached hydrogens (tertiary/aromatic N) is 2. The molecule has 1 amide bonds. The lowest BCUT2D eigenvalue weighted by Crippen LogP contribution is -2.44. The van der Waals surface area contributed by atoms with Crippen molar-refractivity contribution in [3.05, 3.63) is 45.5 Å². The summed E-state index contributed by atoms with van der Waals surface area (Å²) >= 11 is 0. The van der Waals surface area contributed by atoms with Crippen LogP contribution in [0.25, 0.3) is 6.08 Å². The fraction of sp³-hybridized carbons (Fsp3) is 0.308. The van der Waals surface area contributed by atoms with E-state index in [4.69, 9.17) is 0 Å². The maximum atomic E-state index is 10.7. The van der Waals surface area contributed by atoms with E-state index < -0.39 is 11.0 Å². The number of hydrogen-bond acceptors (Lipinski definition) is 4. The number of benzene rings is 1. The molecule has 0 unspecified atom stereocenters. The summed E-state index contributed by atoms with van der Waals surface area (Å²) in [6.07, 6.45) is 2.02. The van der Waals surface area contributed by atoms with Gasteiger partial charge in [0.15, 0.2) is 0 Å². The maximum Gasteiger partial charge on any atom is 0.270 e. The normalized spacial score (nSPS) is 15.2. The van der Waals surface area contributed by atoms with Crippen LogP contribution in [0.2, 0.25) is 0 Å². The summed E-state index contributed by atoms with van der Waals surface area (Å²) in [6.45, 7) is 0.839. The van der Waals surface area contributed by atoms with Crippen molar-refractivity contribution >= 4 is 17.9 Å². The molecule has 100 valence electrons. The predicted molar refractivity (Wildman–Crippen MR) is 67.3 cm³/mol. The zero-order chi connectivity index (χ0) is 13.8. The predicted octanol–water partition coefficient (Wildman–Crippen LogP) is 1.42. The van der Waals surface area contributed by atoms with Crippen LogP contribution in [0.4, 0.5) is 10.5 Å². The second kappa shape index (κ2) is 5.51. The zero-order valence-corrected chi connectivity index (χ0v) is 10.2. The highest BCUT2D eigenvalue weighted by Crippen LogP contribution is 2.21. The lowest BCUT2D eigenvalue weighted by Gasteiger charge is -2.30. The van der Waals surface area contributed by atoms with Crippen LogP contribution in [-0.2, 0) is 0 Å². The average Bonchev–Trinajstić information content (AvgIpc) is 2.39. The van der Waals surface area contributed by atoms with Crippen LogP contribution >= 0.6 is 0 Å². The molecule has 19 heavy (non-hydrogen) atoms. The van der Waals surface area contributed by atoms with Crippen LogP contribution in [0, 0.1) is 10.1 Å². The van der Waals surface area contributed by atoms with Crippen LogP contribution in [0.1, 0.15) is 18.4 Å². The number of amides is 1.